The SMILES string of the molecule is O=C1CC(=O)N(Cc2ccc(F)cc2)C1. The van der Waals surface area contributed by atoms with Crippen molar-refractivity contribution < 1.29 is 14.0 Å². The van der Waals surface area contributed by atoms with Crippen LogP contribution in [0.2, 0.25) is 0 Å². The van der Waals surface area contributed by atoms with Gasteiger partial charge in [-0.15, -0.1) is 0 Å². The van der Waals surface area contributed by atoms with Gasteiger partial charge in [0.1, 0.15) is 5.82 Å². The fourth-order valence-corrected chi connectivity index (χ4v) is 1.59. The summed E-state index contributed by atoms with van der Waals surface area (Å²) in [7, 11) is 0. The predicted molar refractivity (Wildman–Crippen MR) is 51.4 cm³/mol. The highest BCUT2D eigenvalue weighted by molar-refractivity contribution is 6.05. The Morgan fingerprint density at radius 2 is 1.87 bits per heavy atom. The van der Waals surface area contributed by atoms with Crippen LogP contribution in [0.1, 0.15) is 12.0 Å². The Balaban J connectivity index is 2.06. The summed E-state index contributed by atoms with van der Waals surface area (Å²) in [6.07, 6.45) is 0.00119. The second-order valence-electron chi connectivity index (χ2n) is 3.59. The Morgan fingerprint density at radius 1 is 1.20 bits per heavy atom. The zero-order valence-electron chi connectivity index (χ0n) is 8.07. The van der Waals surface area contributed by atoms with Crippen LogP contribution in [0.25, 0.3) is 0 Å². The molecule has 0 aliphatic carbocycles. The van der Waals surface area contributed by atoms with Crippen LogP contribution >= 0.6 is 0 Å². The standard InChI is InChI=1S/C11H10FNO2/c12-9-3-1-8(2-4-9)6-13-7-10(14)5-11(13)15/h1-4H,5-7H2. The second kappa shape index (κ2) is 3.81. The molecule has 78 valence electrons. The van der Waals surface area contributed by atoms with E-state index < -0.39 is 0 Å². The highest BCUT2D eigenvalue weighted by atomic mass is 19.1. The van der Waals surface area contributed by atoms with E-state index >= 15 is 0 Å². The lowest BCUT2D eigenvalue weighted by molar-refractivity contribution is -0.128. The first kappa shape index (κ1) is 9.83. The van der Waals surface area contributed by atoms with Crippen molar-refractivity contribution in [1.29, 1.82) is 0 Å². The number of ketones is 1. The molecular formula is C11H10FNO2. The number of carbonyl (C=O) groups excluding carboxylic acids is 2. The van der Waals surface area contributed by atoms with Crippen LogP contribution in [-0.4, -0.2) is 23.1 Å². The molecule has 0 saturated carbocycles. The Kier molecular flexibility index (Phi) is 2.49. The van der Waals surface area contributed by atoms with Gasteiger partial charge in [-0.2, -0.15) is 0 Å². The van der Waals surface area contributed by atoms with Crippen molar-refractivity contribution in [3.8, 4) is 0 Å². The monoisotopic (exact) mass is 207 g/mol. The van der Waals surface area contributed by atoms with E-state index in [4.69, 9.17) is 0 Å². The Hall–Kier alpha value is -1.71. The van der Waals surface area contributed by atoms with Crippen molar-refractivity contribution in [2.75, 3.05) is 6.54 Å². The summed E-state index contributed by atoms with van der Waals surface area (Å²) in [6.45, 7) is 0.557. The molecule has 1 fully saturated rings. The van der Waals surface area contributed by atoms with Gasteiger partial charge in [-0.25, -0.2) is 4.39 Å². The van der Waals surface area contributed by atoms with Gasteiger partial charge in [-0.1, -0.05) is 12.1 Å². The zero-order chi connectivity index (χ0) is 10.8. The highest BCUT2D eigenvalue weighted by Gasteiger charge is 2.26. The number of carbonyl (C=O) groups is 2. The van der Waals surface area contributed by atoms with Crippen molar-refractivity contribution in [1.82, 2.24) is 4.90 Å². The molecule has 0 bridgehead atoms. The van der Waals surface area contributed by atoms with Gasteiger partial charge in [0.15, 0.2) is 5.78 Å². The Morgan fingerprint density at radius 3 is 2.40 bits per heavy atom. The largest absolute Gasteiger partial charge is 0.331 e. The van der Waals surface area contributed by atoms with Crippen molar-refractivity contribution in [2.45, 2.75) is 13.0 Å². The molecule has 0 atom stereocenters. The van der Waals surface area contributed by atoms with Crippen molar-refractivity contribution >= 4 is 11.7 Å². The molecule has 1 aromatic carbocycles. The van der Waals surface area contributed by atoms with E-state index in [0.717, 1.165) is 5.56 Å². The third-order valence-corrected chi connectivity index (χ3v) is 2.36. The molecule has 1 aliphatic heterocycles. The second-order valence-corrected chi connectivity index (χ2v) is 3.59. The van der Waals surface area contributed by atoms with Crippen LogP contribution in [0.15, 0.2) is 24.3 Å². The van der Waals surface area contributed by atoms with Crippen LogP contribution in [-0.2, 0) is 16.1 Å². The van der Waals surface area contributed by atoms with Crippen molar-refractivity contribution in [3.05, 3.63) is 35.6 Å². The first-order valence-corrected chi connectivity index (χ1v) is 4.69. The summed E-state index contributed by atoms with van der Waals surface area (Å²) in [5.41, 5.74) is 0.833. The maximum absolute atomic E-state index is 12.6. The number of rotatable bonds is 2. The van der Waals surface area contributed by atoms with Gasteiger partial charge in [0.25, 0.3) is 0 Å². The van der Waals surface area contributed by atoms with E-state index in [1.165, 1.54) is 17.0 Å². The number of amides is 1. The van der Waals surface area contributed by atoms with Crippen LogP contribution in [0, 0.1) is 5.82 Å². The number of benzene rings is 1. The number of hydrogen-bond donors (Lipinski definition) is 0. The van der Waals surface area contributed by atoms with Gasteiger partial charge in [0.2, 0.25) is 5.91 Å². The summed E-state index contributed by atoms with van der Waals surface area (Å²) in [6, 6.07) is 5.92. The Labute approximate surface area is 86.5 Å². The smallest absolute Gasteiger partial charge is 0.230 e. The molecule has 1 amide bonds. The van der Waals surface area contributed by atoms with E-state index in [0.29, 0.717) is 6.54 Å². The molecule has 0 aromatic heterocycles. The first-order chi connectivity index (χ1) is 7.15. The lowest BCUT2D eigenvalue weighted by Crippen LogP contribution is -2.24. The molecule has 0 radical (unpaired) electrons. The summed E-state index contributed by atoms with van der Waals surface area (Å²) < 4.78 is 12.6. The van der Waals surface area contributed by atoms with Crippen LogP contribution in [0.3, 0.4) is 0 Å². The molecule has 2 rings (SSSR count). The van der Waals surface area contributed by atoms with E-state index in [1.807, 2.05) is 0 Å². The fraction of sp³-hybridized carbons (Fsp3) is 0.273. The van der Waals surface area contributed by atoms with Crippen LogP contribution < -0.4 is 0 Å². The number of nitrogens with zero attached hydrogens (tertiary/aromatic N) is 1. The molecule has 15 heavy (non-hydrogen) atoms. The molecule has 4 heteroatoms. The third kappa shape index (κ3) is 2.21. The minimum Gasteiger partial charge on any atom is -0.331 e. The number of hydrogen-bond acceptors (Lipinski definition) is 2. The molecule has 0 N–H and O–H groups in total. The quantitative estimate of drug-likeness (QED) is 0.682. The molecule has 1 saturated heterocycles. The first-order valence-electron chi connectivity index (χ1n) is 4.69. The minimum absolute atomic E-state index is 0.00119. The zero-order valence-corrected chi connectivity index (χ0v) is 8.07. The molecule has 0 spiro atoms. The lowest BCUT2D eigenvalue weighted by atomic mass is 10.2. The maximum atomic E-state index is 12.6. The predicted octanol–water partition coefficient (Wildman–Crippen LogP) is 1.13. The molecule has 1 aromatic rings. The molecule has 0 unspecified atom stereocenters. The van der Waals surface area contributed by atoms with E-state index in [1.54, 1.807) is 12.1 Å². The number of likely N-dealkylation sites (tertiary alicyclic amines) is 1. The van der Waals surface area contributed by atoms with E-state index in [9.17, 15) is 14.0 Å². The molecule has 1 heterocycles. The summed E-state index contributed by atoms with van der Waals surface area (Å²) >= 11 is 0. The van der Waals surface area contributed by atoms with Gasteiger partial charge in [0, 0.05) is 6.54 Å². The van der Waals surface area contributed by atoms with Crippen LogP contribution in [0.5, 0.6) is 0 Å². The van der Waals surface area contributed by atoms with Crippen LogP contribution in [0.4, 0.5) is 4.39 Å². The van der Waals surface area contributed by atoms with Gasteiger partial charge in [0.05, 0.1) is 13.0 Å². The van der Waals surface area contributed by atoms with E-state index in [2.05, 4.69) is 0 Å². The van der Waals surface area contributed by atoms with E-state index in [-0.39, 0.29) is 30.5 Å². The normalized spacial score (nSPS) is 16.2. The average Bonchev–Trinajstić information content (AvgIpc) is 2.49. The van der Waals surface area contributed by atoms with Crippen molar-refractivity contribution in [3.63, 3.8) is 0 Å². The summed E-state index contributed by atoms with van der Waals surface area (Å²) in [4.78, 5) is 23.8. The summed E-state index contributed by atoms with van der Waals surface area (Å²) in [5.74, 6) is -0.506. The lowest BCUT2D eigenvalue weighted by Gasteiger charge is -2.14. The average molecular weight is 207 g/mol. The number of Topliss-reactive ketones (excluding diaryl/α,β-unsaturated/α-hetero) is 1. The van der Waals surface area contributed by atoms with Gasteiger partial charge >= 0.3 is 0 Å². The topological polar surface area (TPSA) is 37.4 Å². The fourth-order valence-electron chi connectivity index (χ4n) is 1.59. The Bertz CT molecular complexity index is 400. The highest BCUT2D eigenvalue weighted by Crippen LogP contribution is 2.12. The molecule has 1 aliphatic rings. The van der Waals surface area contributed by atoms with Gasteiger partial charge in [-0.05, 0) is 17.7 Å². The molecule has 3 nitrogen and oxygen atoms in total. The third-order valence-electron chi connectivity index (χ3n) is 2.36. The molecular weight excluding hydrogens is 197 g/mol. The maximum Gasteiger partial charge on any atom is 0.230 e. The number of halogens is 1. The van der Waals surface area contributed by atoms with Gasteiger partial charge in [-0.3, -0.25) is 9.59 Å². The van der Waals surface area contributed by atoms with Crippen molar-refractivity contribution in [2.24, 2.45) is 0 Å². The minimum atomic E-state index is -0.303. The van der Waals surface area contributed by atoms with Gasteiger partial charge < -0.3 is 4.90 Å². The summed E-state index contributed by atoms with van der Waals surface area (Å²) in [5, 5.41) is 0.